The molecule has 1 heterocycles. The fraction of sp³-hybridized carbons (Fsp3) is 0.250. The van der Waals surface area contributed by atoms with Crippen molar-refractivity contribution in [3.8, 4) is 5.75 Å². The molecule has 0 unspecified atom stereocenters. The summed E-state index contributed by atoms with van der Waals surface area (Å²) in [6, 6.07) is 13.6. The van der Waals surface area contributed by atoms with Gasteiger partial charge in [-0.2, -0.15) is 5.10 Å². The fourth-order valence-electron chi connectivity index (χ4n) is 2.77. The lowest BCUT2D eigenvalue weighted by atomic mass is 10.2. The Labute approximate surface area is 172 Å². The molecule has 3 rings (SSSR count). The fourth-order valence-corrected chi connectivity index (χ4v) is 3.79. The Kier molecular flexibility index (Phi) is 6.61. The number of benzene rings is 2. The van der Waals surface area contributed by atoms with Gasteiger partial charge in [0.2, 0.25) is 5.91 Å². The van der Waals surface area contributed by atoms with Crippen molar-refractivity contribution in [3.63, 3.8) is 0 Å². The molecule has 1 aliphatic heterocycles. The highest BCUT2D eigenvalue weighted by atomic mass is 32.2. The summed E-state index contributed by atoms with van der Waals surface area (Å²) >= 11 is 1.38. The molecule has 0 N–H and O–H groups in total. The molecule has 0 spiro atoms. The van der Waals surface area contributed by atoms with E-state index >= 15 is 0 Å². The zero-order chi connectivity index (χ0) is 20.8. The van der Waals surface area contributed by atoms with Crippen LogP contribution in [0.15, 0.2) is 58.7 Å². The van der Waals surface area contributed by atoms with Gasteiger partial charge < -0.3 is 4.74 Å². The van der Waals surface area contributed by atoms with Gasteiger partial charge in [0.25, 0.3) is 5.69 Å². The molecule has 1 saturated heterocycles. The molecule has 0 aliphatic carbocycles. The third-order valence-corrected chi connectivity index (χ3v) is 5.65. The van der Waals surface area contributed by atoms with Crippen molar-refractivity contribution in [2.75, 3.05) is 7.11 Å². The van der Waals surface area contributed by atoms with E-state index in [1.54, 1.807) is 24.1 Å². The van der Waals surface area contributed by atoms with Crippen LogP contribution in [-0.4, -0.2) is 39.5 Å². The number of nitro benzene ring substituents is 1. The Balaban J connectivity index is 1.79. The molecule has 8 nitrogen and oxygen atoms in total. The second-order valence-corrected chi connectivity index (χ2v) is 7.44. The lowest BCUT2D eigenvalue weighted by Gasteiger charge is -2.16. The van der Waals surface area contributed by atoms with E-state index in [4.69, 9.17) is 4.74 Å². The van der Waals surface area contributed by atoms with Crippen molar-refractivity contribution >= 4 is 34.7 Å². The smallest absolute Gasteiger partial charge is 0.270 e. The number of non-ortho nitro benzene ring substituents is 1. The highest BCUT2D eigenvalue weighted by molar-refractivity contribution is 8.15. The molecular formula is C20H20N4O4S. The van der Waals surface area contributed by atoms with Gasteiger partial charge in [-0.25, -0.2) is 0 Å². The lowest BCUT2D eigenvalue weighted by Crippen LogP contribution is -2.31. The van der Waals surface area contributed by atoms with Crippen LogP contribution in [0, 0.1) is 10.1 Å². The summed E-state index contributed by atoms with van der Waals surface area (Å²) < 4.78 is 5.16. The topological polar surface area (TPSA) is 97.4 Å². The van der Waals surface area contributed by atoms with E-state index in [1.165, 1.54) is 30.1 Å². The van der Waals surface area contributed by atoms with Gasteiger partial charge in [-0.3, -0.25) is 19.8 Å². The Hall–Kier alpha value is -3.20. The summed E-state index contributed by atoms with van der Waals surface area (Å²) in [5, 5.41) is 19.5. The standard InChI is InChI=1S/C20H20N4O4S/c1-3-18-19(25)23(13-14-7-9-17(28-2)10-8-14)20(29-18)22-21-12-15-5-4-6-16(11-15)24(26)27/h4-12,18H,3,13H2,1-2H3/b21-12-,22-20-/t18-/m1/s1. The van der Waals surface area contributed by atoms with Gasteiger partial charge >= 0.3 is 0 Å². The maximum absolute atomic E-state index is 12.7. The highest BCUT2D eigenvalue weighted by Crippen LogP contribution is 2.31. The maximum Gasteiger partial charge on any atom is 0.270 e. The molecular weight excluding hydrogens is 392 g/mol. The number of thioether (sulfide) groups is 1. The molecule has 0 radical (unpaired) electrons. The highest BCUT2D eigenvalue weighted by Gasteiger charge is 2.36. The van der Waals surface area contributed by atoms with Crippen LogP contribution in [0.3, 0.4) is 0 Å². The molecule has 1 aliphatic rings. The minimum atomic E-state index is -0.461. The zero-order valence-corrected chi connectivity index (χ0v) is 16.8. The van der Waals surface area contributed by atoms with E-state index in [0.717, 1.165) is 11.3 Å². The number of carbonyl (C=O) groups excluding carboxylic acids is 1. The first-order valence-corrected chi connectivity index (χ1v) is 9.86. The normalized spacial score (nSPS) is 18.0. The number of amides is 1. The number of nitrogens with zero attached hydrogens (tertiary/aromatic N) is 4. The summed E-state index contributed by atoms with van der Waals surface area (Å²) in [7, 11) is 1.60. The Morgan fingerprint density at radius 3 is 2.69 bits per heavy atom. The van der Waals surface area contributed by atoms with E-state index in [2.05, 4.69) is 10.2 Å². The summed E-state index contributed by atoms with van der Waals surface area (Å²) in [5.74, 6) is 0.746. The van der Waals surface area contributed by atoms with E-state index in [9.17, 15) is 14.9 Å². The minimum absolute atomic E-state index is 0.00221. The van der Waals surface area contributed by atoms with Crippen molar-refractivity contribution in [3.05, 3.63) is 69.8 Å². The minimum Gasteiger partial charge on any atom is -0.497 e. The number of hydrogen-bond acceptors (Lipinski definition) is 7. The second kappa shape index (κ2) is 9.33. The maximum atomic E-state index is 12.7. The number of amidine groups is 1. The molecule has 150 valence electrons. The number of ether oxygens (including phenoxy) is 1. The molecule has 0 bridgehead atoms. The van der Waals surface area contributed by atoms with Crippen LogP contribution in [0.25, 0.3) is 0 Å². The molecule has 0 aromatic heterocycles. The molecule has 1 atom stereocenters. The van der Waals surface area contributed by atoms with Gasteiger partial charge in [-0.1, -0.05) is 43.0 Å². The first-order valence-electron chi connectivity index (χ1n) is 8.98. The lowest BCUT2D eigenvalue weighted by molar-refractivity contribution is -0.384. The number of carbonyl (C=O) groups is 1. The van der Waals surface area contributed by atoms with Crippen LogP contribution in [0.5, 0.6) is 5.75 Å². The van der Waals surface area contributed by atoms with E-state index < -0.39 is 4.92 Å². The quantitative estimate of drug-likeness (QED) is 0.391. The Morgan fingerprint density at radius 2 is 2.03 bits per heavy atom. The van der Waals surface area contributed by atoms with Crippen molar-refractivity contribution in [1.29, 1.82) is 0 Å². The molecule has 2 aromatic rings. The Morgan fingerprint density at radius 1 is 1.28 bits per heavy atom. The van der Waals surface area contributed by atoms with Gasteiger partial charge in [0.1, 0.15) is 5.75 Å². The summed E-state index contributed by atoms with van der Waals surface area (Å²) in [6.07, 6.45) is 2.13. The van der Waals surface area contributed by atoms with Gasteiger partial charge in [0.15, 0.2) is 5.17 Å². The predicted octanol–water partition coefficient (Wildman–Crippen LogP) is 3.85. The SMILES string of the molecule is CC[C@H]1S/C(=N\N=C/c2cccc([N+](=O)[O-])c2)N(Cc2ccc(OC)cc2)C1=O. The average molecular weight is 412 g/mol. The molecule has 29 heavy (non-hydrogen) atoms. The second-order valence-electron chi connectivity index (χ2n) is 6.27. The third kappa shape index (κ3) is 5.00. The molecule has 1 amide bonds. The van der Waals surface area contributed by atoms with Crippen LogP contribution >= 0.6 is 11.8 Å². The predicted molar refractivity (Wildman–Crippen MR) is 113 cm³/mol. The van der Waals surface area contributed by atoms with E-state index in [0.29, 0.717) is 23.7 Å². The first-order chi connectivity index (χ1) is 14.0. The molecule has 2 aromatic carbocycles. The molecule has 0 saturated carbocycles. The van der Waals surface area contributed by atoms with Gasteiger partial charge in [0.05, 0.1) is 30.0 Å². The van der Waals surface area contributed by atoms with Gasteiger partial charge in [0, 0.05) is 17.7 Å². The zero-order valence-electron chi connectivity index (χ0n) is 16.0. The number of nitro groups is 1. The number of hydrogen-bond donors (Lipinski definition) is 0. The number of methoxy groups -OCH3 is 1. The number of rotatable bonds is 7. The largest absolute Gasteiger partial charge is 0.497 e. The van der Waals surface area contributed by atoms with Gasteiger partial charge in [-0.05, 0) is 24.1 Å². The van der Waals surface area contributed by atoms with Crippen molar-refractivity contribution in [2.45, 2.75) is 25.1 Å². The van der Waals surface area contributed by atoms with Crippen LogP contribution in [0.2, 0.25) is 0 Å². The van der Waals surface area contributed by atoms with E-state index in [1.807, 2.05) is 31.2 Å². The van der Waals surface area contributed by atoms with Crippen LogP contribution < -0.4 is 4.74 Å². The third-order valence-electron chi connectivity index (χ3n) is 4.32. The van der Waals surface area contributed by atoms with Crippen molar-refractivity contribution < 1.29 is 14.5 Å². The average Bonchev–Trinajstić information content (AvgIpc) is 3.03. The van der Waals surface area contributed by atoms with E-state index in [-0.39, 0.29) is 16.8 Å². The molecule has 1 fully saturated rings. The van der Waals surface area contributed by atoms with Crippen molar-refractivity contribution in [2.24, 2.45) is 10.2 Å². The first kappa shape index (κ1) is 20.5. The van der Waals surface area contributed by atoms with Crippen LogP contribution in [-0.2, 0) is 11.3 Å². The monoisotopic (exact) mass is 412 g/mol. The van der Waals surface area contributed by atoms with Crippen molar-refractivity contribution in [1.82, 2.24) is 4.90 Å². The summed E-state index contributed by atoms with van der Waals surface area (Å²) in [4.78, 5) is 24.7. The Bertz CT molecular complexity index is 959. The van der Waals surface area contributed by atoms with Crippen LogP contribution in [0.4, 0.5) is 5.69 Å². The molecule has 9 heteroatoms. The van der Waals surface area contributed by atoms with Crippen LogP contribution in [0.1, 0.15) is 24.5 Å². The van der Waals surface area contributed by atoms with Gasteiger partial charge in [-0.15, -0.1) is 5.10 Å². The summed E-state index contributed by atoms with van der Waals surface area (Å²) in [6.45, 7) is 2.34. The summed E-state index contributed by atoms with van der Waals surface area (Å²) in [5.41, 5.74) is 1.50.